The standard InChI is InChI=1S/C23H29N3O3S/c1-27-13-7-12-24-23(30)26-15-19(17-9-6-11-21(28-2)22(17)29-3)18-14-25-20-10-5-4-8-16(18)20/h4-6,8-11,14,19,25H,7,12-13,15H2,1-3H3,(H2,24,26,30). The Morgan fingerprint density at radius 1 is 1.00 bits per heavy atom. The number of thiocarbonyl (C=S) groups is 1. The summed E-state index contributed by atoms with van der Waals surface area (Å²) in [7, 11) is 5.02. The summed E-state index contributed by atoms with van der Waals surface area (Å²) in [4.78, 5) is 3.38. The molecule has 0 amide bonds. The number of aromatic nitrogens is 1. The molecule has 1 unspecified atom stereocenters. The number of fused-ring (bicyclic) bond motifs is 1. The van der Waals surface area contributed by atoms with E-state index in [1.165, 1.54) is 10.9 Å². The van der Waals surface area contributed by atoms with Crippen LogP contribution in [0.4, 0.5) is 0 Å². The minimum Gasteiger partial charge on any atom is -0.493 e. The lowest BCUT2D eigenvalue weighted by Crippen LogP contribution is -2.38. The van der Waals surface area contributed by atoms with Crippen LogP contribution in [0, 0.1) is 0 Å². The Balaban J connectivity index is 1.90. The van der Waals surface area contributed by atoms with Crippen molar-refractivity contribution in [3.8, 4) is 11.5 Å². The second-order valence-electron chi connectivity index (χ2n) is 6.91. The van der Waals surface area contributed by atoms with E-state index in [0.29, 0.717) is 24.0 Å². The van der Waals surface area contributed by atoms with Crippen molar-refractivity contribution in [2.45, 2.75) is 12.3 Å². The van der Waals surface area contributed by atoms with Gasteiger partial charge in [-0.15, -0.1) is 0 Å². The second-order valence-corrected chi connectivity index (χ2v) is 7.32. The quantitative estimate of drug-likeness (QED) is 0.338. The summed E-state index contributed by atoms with van der Waals surface area (Å²) < 4.78 is 16.3. The molecule has 0 aliphatic heterocycles. The van der Waals surface area contributed by atoms with Gasteiger partial charge in [-0.2, -0.15) is 0 Å². The first-order chi connectivity index (χ1) is 14.7. The van der Waals surface area contributed by atoms with E-state index in [4.69, 9.17) is 26.4 Å². The summed E-state index contributed by atoms with van der Waals surface area (Å²) in [5, 5.41) is 8.40. The molecule has 0 aliphatic rings. The second kappa shape index (κ2) is 10.8. The van der Waals surface area contributed by atoms with Gasteiger partial charge in [-0.25, -0.2) is 0 Å². The summed E-state index contributed by atoms with van der Waals surface area (Å²) in [6.45, 7) is 2.08. The van der Waals surface area contributed by atoms with Crippen molar-refractivity contribution in [2.24, 2.45) is 0 Å². The molecule has 3 N–H and O–H groups in total. The summed E-state index contributed by atoms with van der Waals surface area (Å²) >= 11 is 5.48. The van der Waals surface area contributed by atoms with E-state index in [1.807, 2.05) is 18.2 Å². The van der Waals surface area contributed by atoms with E-state index < -0.39 is 0 Å². The van der Waals surface area contributed by atoms with Gasteiger partial charge in [0.2, 0.25) is 0 Å². The minimum absolute atomic E-state index is 0.00456. The predicted molar refractivity (Wildman–Crippen MR) is 125 cm³/mol. The molecule has 3 aromatic rings. The fourth-order valence-electron chi connectivity index (χ4n) is 3.63. The van der Waals surface area contributed by atoms with E-state index in [-0.39, 0.29) is 5.92 Å². The molecule has 160 valence electrons. The number of para-hydroxylation sites is 2. The number of benzene rings is 2. The first kappa shape index (κ1) is 21.9. The smallest absolute Gasteiger partial charge is 0.166 e. The van der Waals surface area contributed by atoms with Gasteiger partial charge in [-0.1, -0.05) is 30.3 Å². The van der Waals surface area contributed by atoms with Crippen molar-refractivity contribution in [1.29, 1.82) is 0 Å². The van der Waals surface area contributed by atoms with Gasteiger partial charge >= 0.3 is 0 Å². The molecule has 1 aromatic heterocycles. The molecule has 2 aromatic carbocycles. The molecule has 0 radical (unpaired) electrons. The van der Waals surface area contributed by atoms with Crippen molar-refractivity contribution in [1.82, 2.24) is 15.6 Å². The van der Waals surface area contributed by atoms with Crippen LogP contribution < -0.4 is 20.1 Å². The molecule has 0 fully saturated rings. The number of aromatic amines is 1. The number of ether oxygens (including phenoxy) is 3. The molecule has 1 heterocycles. The maximum absolute atomic E-state index is 5.73. The highest BCUT2D eigenvalue weighted by Gasteiger charge is 2.23. The molecule has 3 rings (SSSR count). The van der Waals surface area contributed by atoms with E-state index >= 15 is 0 Å². The van der Waals surface area contributed by atoms with Crippen molar-refractivity contribution in [3.63, 3.8) is 0 Å². The van der Waals surface area contributed by atoms with Gasteiger partial charge in [-0.05, 0) is 36.3 Å². The monoisotopic (exact) mass is 427 g/mol. The molecule has 0 bridgehead atoms. The number of rotatable bonds is 10. The lowest BCUT2D eigenvalue weighted by atomic mass is 9.90. The zero-order valence-electron chi connectivity index (χ0n) is 17.7. The Labute approximate surface area is 182 Å². The largest absolute Gasteiger partial charge is 0.493 e. The topological polar surface area (TPSA) is 67.5 Å². The highest BCUT2D eigenvalue weighted by Crippen LogP contribution is 2.40. The molecule has 0 aliphatic carbocycles. The van der Waals surface area contributed by atoms with Crippen LogP contribution in [0.25, 0.3) is 10.9 Å². The van der Waals surface area contributed by atoms with Crippen LogP contribution in [0.5, 0.6) is 11.5 Å². The normalized spacial score (nSPS) is 11.8. The first-order valence-corrected chi connectivity index (χ1v) is 10.4. The van der Waals surface area contributed by atoms with Crippen molar-refractivity contribution in [3.05, 3.63) is 59.8 Å². The highest BCUT2D eigenvalue weighted by atomic mass is 32.1. The van der Waals surface area contributed by atoms with Gasteiger partial charge in [0.1, 0.15) is 0 Å². The number of hydrogen-bond donors (Lipinski definition) is 3. The van der Waals surface area contributed by atoms with Crippen LogP contribution >= 0.6 is 12.2 Å². The van der Waals surface area contributed by atoms with Crippen LogP contribution in [0.1, 0.15) is 23.5 Å². The lowest BCUT2D eigenvalue weighted by molar-refractivity contribution is 0.195. The van der Waals surface area contributed by atoms with Gasteiger partial charge in [-0.3, -0.25) is 0 Å². The molecule has 0 saturated heterocycles. The minimum atomic E-state index is 0.00456. The van der Waals surface area contributed by atoms with Crippen molar-refractivity contribution < 1.29 is 14.2 Å². The molecule has 6 nitrogen and oxygen atoms in total. The third-order valence-corrected chi connectivity index (χ3v) is 5.37. The first-order valence-electron chi connectivity index (χ1n) is 9.97. The number of nitrogens with one attached hydrogen (secondary N) is 3. The summed E-state index contributed by atoms with van der Waals surface area (Å²) in [6.07, 6.45) is 2.96. The zero-order valence-corrected chi connectivity index (χ0v) is 18.5. The third-order valence-electron chi connectivity index (χ3n) is 5.08. The number of hydrogen-bond acceptors (Lipinski definition) is 4. The summed E-state index contributed by atoms with van der Waals surface area (Å²) in [5.41, 5.74) is 3.31. The number of H-pyrrole nitrogens is 1. The average molecular weight is 428 g/mol. The van der Waals surface area contributed by atoms with Gasteiger partial charge < -0.3 is 29.8 Å². The Bertz CT molecular complexity index is 973. The van der Waals surface area contributed by atoms with Crippen molar-refractivity contribution >= 4 is 28.2 Å². The molecule has 0 spiro atoms. The van der Waals surface area contributed by atoms with E-state index in [2.05, 4.69) is 46.1 Å². The Morgan fingerprint density at radius 2 is 1.83 bits per heavy atom. The number of methoxy groups -OCH3 is 3. The molecular formula is C23H29N3O3S. The summed E-state index contributed by atoms with van der Waals surface area (Å²) in [5.74, 6) is 1.45. The van der Waals surface area contributed by atoms with Gasteiger partial charge in [0.05, 0.1) is 14.2 Å². The van der Waals surface area contributed by atoms with Crippen molar-refractivity contribution in [2.75, 3.05) is 41.0 Å². The van der Waals surface area contributed by atoms with Crippen LogP contribution in [-0.4, -0.2) is 51.1 Å². The third kappa shape index (κ3) is 5.04. The summed E-state index contributed by atoms with van der Waals surface area (Å²) in [6, 6.07) is 14.3. The van der Waals surface area contributed by atoms with Gasteiger partial charge in [0.25, 0.3) is 0 Å². The molecule has 7 heteroatoms. The predicted octanol–water partition coefficient (Wildman–Crippen LogP) is 3.82. The Morgan fingerprint density at radius 3 is 2.60 bits per heavy atom. The van der Waals surface area contributed by atoms with Crippen LogP contribution in [0.3, 0.4) is 0 Å². The van der Waals surface area contributed by atoms with E-state index in [0.717, 1.165) is 29.8 Å². The van der Waals surface area contributed by atoms with Gasteiger partial charge in [0.15, 0.2) is 16.6 Å². The molecule has 1 atom stereocenters. The fraction of sp³-hybridized carbons (Fsp3) is 0.348. The Hall–Kier alpha value is -2.77. The highest BCUT2D eigenvalue weighted by molar-refractivity contribution is 7.80. The molecule has 30 heavy (non-hydrogen) atoms. The van der Waals surface area contributed by atoms with Crippen LogP contribution in [-0.2, 0) is 4.74 Å². The fourth-order valence-corrected chi connectivity index (χ4v) is 3.82. The lowest BCUT2D eigenvalue weighted by Gasteiger charge is -2.22. The molecule has 0 saturated carbocycles. The SMILES string of the molecule is COCCCNC(=S)NCC(c1cccc(OC)c1OC)c1c[nH]c2ccccc12. The molecular weight excluding hydrogens is 398 g/mol. The van der Waals surface area contributed by atoms with Crippen LogP contribution in [0.15, 0.2) is 48.7 Å². The average Bonchev–Trinajstić information content (AvgIpc) is 3.20. The maximum Gasteiger partial charge on any atom is 0.166 e. The zero-order chi connectivity index (χ0) is 21.3. The van der Waals surface area contributed by atoms with Gasteiger partial charge in [0, 0.05) is 55.4 Å². The van der Waals surface area contributed by atoms with E-state index in [9.17, 15) is 0 Å². The van der Waals surface area contributed by atoms with E-state index in [1.54, 1.807) is 21.3 Å². The van der Waals surface area contributed by atoms with Crippen LogP contribution in [0.2, 0.25) is 0 Å². The maximum atomic E-state index is 5.73. The Kier molecular flexibility index (Phi) is 7.93.